The SMILES string of the molecule is CCOc1cc(C)c(-c2nc3ccccc3c(=O)n2N=Cc2ccc(OCc3cccc([N+](=O)[O-])c3)c(OC)c2)cc1C(C)C. The van der Waals surface area contributed by atoms with Gasteiger partial charge in [-0.25, -0.2) is 4.98 Å². The molecule has 4 aromatic carbocycles. The van der Waals surface area contributed by atoms with Gasteiger partial charge >= 0.3 is 0 Å². The summed E-state index contributed by atoms with van der Waals surface area (Å²) in [6.45, 7) is 8.78. The Morgan fingerprint density at radius 1 is 0.978 bits per heavy atom. The van der Waals surface area contributed by atoms with Gasteiger partial charge in [-0.1, -0.05) is 38.1 Å². The Labute approximate surface area is 260 Å². The van der Waals surface area contributed by atoms with Crippen LogP contribution in [0.4, 0.5) is 5.69 Å². The third-order valence-electron chi connectivity index (χ3n) is 7.30. The quantitative estimate of drug-likeness (QED) is 0.0881. The van der Waals surface area contributed by atoms with Gasteiger partial charge < -0.3 is 14.2 Å². The number of ether oxygens (including phenoxy) is 3. The van der Waals surface area contributed by atoms with Gasteiger partial charge in [-0.3, -0.25) is 14.9 Å². The highest BCUT2D eigenvalue weighted by atomic mass is 16.6. The molecule has 0 radical (unpaired) electrons. The van der Waals surface area contributed by atoms with E-state index in [0.717, 1.165) is 22.4 Å². The maximum atomic E-state index is 13.8. The average Bonchev–Trinajstić information content (AvgIpc) is 3.03. The first kappa shape index (κ1) is 30.9. The number of benzene rings is 4. The van der Waals surface area contributed by atoms with Crippen molar-refractivity contribution in [3.63, 3.8) is 0 Å². The van der Waals surface area contributed by atoms with E-state index in [4.69, 9.17) is 19.2 Å². The molecule has 0 unspecified atom stereocenters. The fraction of sp³-hybridized carbons (Fsp3) is 0.229. The van der Waals surface area contributed by atoms with Crippen LogP contribution in [0, 0.1) is 17.0 Å². The van der Waals surface area contributed by atoms with Crippen molar-refractivity contribution in [2.45, 2.75) is 40.2 Å². The molecule has 45 heavy (non-hydrogen) atoms. The molecule has 230 valence electrons. The Hall–Kier alpha value is -5.51. The lowest BCUT2D eigenvalue weighted by atomic mass is 9.96. The second-order valence-corrected chi connectivity index (χ2v) is 10.7. The van der Waals surface area contributed by atoms with Gasteiger partial charge in [0.05, 0.1) is 35.8 Å². The van der Waals surface area contributed by atoms with Gasteiger partial charge in [0.1, 0.15) is 12.4 Å². The molecule has 1 aromatic heterocycles. The Balaban J connectivity index is 1.53. The van der Waals surface area contributed by atoms with Gasteiger partial charge in [0.25, 0.3) is 11.2 Å². The molecule has 0 aliphatic carbocycles. The van der Waals surface area contributed by atoms with Crippen LogP contribution < -0.4 is 19.8 Å². The topological polar surface area (TPSA) is 118 Å². The summed E-state index contributed by atoms with van der Waals surface area (Å²) in [6, 6.07) is 22.7. The highest BCUT2D eigenvalue weighted by Crippen LogP contribution is 2.34. The van der Waals surface area contributed by atoms with E-state index in [2.05, 4.69) is 18.9 Å². The number of methoxy groups -OCH3 is 1. The third-order valence-corrected chi connectivity index (χ3v) is 7.30. The zero-order valence-corrected chi connectivity index (χ0v) is 25.8. The van der Waals surface area contributed by atoms with Crippen molar-refractivity contribution >= 4 is 22.8 Å². The van der Waals surface area contributed by atoms with Crippen molar-refractivity contribution in [1.29, 1.82) is 0 Å². The zero-order valence-electron chi connectivity index (χ0n) is 25.8. The van der Waals surface area contributed by atoms with Gasteiger partial charge in [-0.15, -0.1) is 0 Å². The summed E-state index contributed by atoms with van der Waals surface area (Å²) in [5.74, 6) is 2.31. The lowest BCUT2D eigenvalue weighted by Gasteiger charge is -2.18. The molecule has 5 rings (SSSR count). The standard InChI is InChI=1S/C35H34N4O6/c1-6-44-32-16-23(4)29(19-28(32)22(2)3)34-37-30-13-8-7-12-27(30)35(40)38(34)36-20-24-14-15-31(33(18-24)43-5)45-21-25-10-9-11-26(17-25)39(41)42/h7-20,22H,6,21H2,1-5H3. The van der Waals surface area contributed by atoms with Gasteiger partial charge in [0.2, 0.25) is 0 Å². The number of hydrogen-bond acceptors (Lipinski definition) is 8. The van der Waals surface area contributed by atoms with Crippen molar-refractivity contribution in [3.8, 4) is 28.6 Å². The van der Waals surface area contributed by atoms with Crippen LogP contribution in [0.25, 0.3) is 22.3 Å². The first-order chi connectivity index (χ1) is 21.7. The van der Waals surface area contributed by atoms with E-state index >= 15 is 0 Å². The molecule has 0 bridgehead atoms. The number of nitro groups is 1. The van der Waals surface area contributed by atoms with E-state index < -0.39 is 4.92 Å². The predicted molar refractivity (Wildman–Crippen MR) is 175 cm³/mol. The monoisotopic (exact) mass is 606 g/mol. The summed E-state index contributed by atoms with van der Waals surface area (Å²) in [5.41, 5.74) is 4.29. The highest BCUT2D eigenvalue weighted by Gasteiger charge is 2.19. The molecule has 0 saturated carbocycles. The molecule has 0 atom stereocenters. The van der Waals surface area contributed by atoms with Gasteiger partial charge in [0.15, 0.2) is 17.3 Å². The van der Waals surface area contributed by atoms with Crippen LogP contribution in [0.2, 0.25) is 0 Å². The summed E-state index contributed by atoms with van der Waals surface area (Å²) in [4.78, 5) is 29.4. The fourth-order valence-electron chi connectivity index (χ4n) is 5.00. The normalized spacial score (nSPS) is 11.3. The van der Waals surface area contributed by atoms with E-state index in [1.54, 1.807) is 48.7 Å². The van der Waals surface area contributed by atoms with Crippen molar-refractivity contribution in [1.82, 2.24) is 9.66 Å². The molecule has 0 saturated heterocycles. The number of aryl methyl sites for hydroxylation is 1. The summed E-state index contributed by atoms with van der Waals surface area (Å²) < 4.78 is 18.7. The first-order valence-electron chi connectivity index (χ1n) is 14.6. The van der Waals surface area contributed by atoms with E-state index in [1.807, 2.05) is 38.1 Å². The number of rotatable bonds is 11. The first-order valence-corrected chi connectivity index (χ1v) is 14.6. The number of hydrogen-bond donors (Lipinski definition) is 0. The van der Waals surface area contributed by atoms with E-state index in [0.29, 0.717) is 46.0 Å². The van der Waals surface area contributed by atoms with Crippen molar-refractivity contribution in [3.05, 3.63) is 122 Å². The van der Waals surface area contributed by atoms with Crippen molar-refractivity contribution < 1.29 is 19.1 Å². The van der Waals surface area contributed by atoms with Crippen LogP contribution >= 0.6 is 0 Å². The summed E-state index contributed by atoms with van der Waals surface area (Å²) >= 11 is 0. The molecule has 0 aliphatic heterocycles. The van der Waals surface area contributed by atoms with Crippen LogP contribution in [-0.2, 0) is 6.61 Å². The smallest absolute Gasteiger partial charge is 0.282 e. The zero-order chi connectivity index (χ0) is 32.1. The maximum absolute atomic E-state index is 13.8. The van der Waals surface area contributed by atoms with Crippen LogP contribution in [0.5, 0.6) is 17.2 Å². The molecular formula is C35H34N4O6. The second kappa shape index (κ2) is 13.4. The maximum Gasteiger partial charge on any atom is 0.282 e. The van der Waals surface area contributed by atoms with E-state index in [9.17, 15) is 14.9 Å². The Morgan fingerprint density at radius 2 is 1.78 bits per heavy atom. The lowest BCUT2D eigenvalue weighted by Crippen LogP contribution is -2.21. The molecular weight excluding hydrogens is 572 g/mol. The summed E-state index contributed by atoms with van der Waals surface area (Å²) in [5, 5.41) is 16.2. The minimum absolute atomic E-state index is 0.00623. The van der Waals surface area contributed by atoms with Gasteiger partial charge in [-0.2, -0.15) is 9.78 Å². The van der Waals surface area contributed by atoms with E-state index in [1.165, 1.54) is 23.9 Å². The van der Waals surface area contributed by atoms with Crippen molar-refractivity contribution in [2.24, 2.45) is 5.10 Å². The summed E-state index contributed by atoms with van der Waals surface area (Å²) in [7, 11) is 1.52. The van der Waals surface area contributed by atoms with Crippen molar-refractivity contribution in [2.75, 3.05) is 13.7 Å². The predicted octanol–water partition coefficient (Wildman–Crippen LogP) is 7.27. The number of nitro benzene ring substituents is 1. The molecule has 10 heteroatoms. The number of fused-ring (bicyclic) bond motifs is 1. The molecule has 10 nitrogen and oxygen atoms in total. The molecule has 0 fully saturated rings. The number of para-hydroxylation sites is 1. The van der Waals surface area contributed by atoms with E-state index in [-0.39, 0.29) is 23.8 Å². The molecule has 5 aromatic rings. The highest BCUT2D eigenvalue weighted by molar-refractivity contribution is 5.83. The number of non-ortho nitro benzene ring substituents is 1. The molecule has 0 N–H and O–H groups in total. The van der Waals surface area contributed by atoms with Crippen LogP contribution in [0.15, 0.2) is 88.8 Å². The Kier molecular flexibility index (Phi) is 9.22. The van der Waals surface area contributed by atoms with Gasteiger partial charge in [0, 0.05) is 17.7 Å². The lowest BCUT2D eigenvalue weighted by molar-refractivity contribution is -0.384. The fourth-order valence-corrected chi connectivity index (χ4v) is 5.00. The third kappa shape index (κ3) is 6.70. The molecule has 0 amide bonds. The van der Waals surface area contributed by atoms with Gasteiger partial charge in [-0.05, 0) is 84.5 Å². The molecule has 0 aliphatic rings. The molecule has 0 spiro atoms. The molecule has 1 heterocycles. The largest absolute Gasteiger partial charge is 0.494 e. The number of aromatic nitrogens is 2. The summed E-state index contributed by atoms with van der Waals surface area (Å²) in [6.07, 6.45) is 1.57. The minimum atomic E-state index is -0.444. The van der Waals surface area contributed by atoms with Crippen LogP contribution in [0.3, 0.4) is 0 Å². The Bertz CT molecular complexity index is 1960. The minimum Gasteiger partial charge on any atom is -0.494 e. The number of nitrogens with zero attached hydrogens (tertiary/aromatic N) is 4. The Morgan fingerprint density at radius 3 is 2.51 bits per heavy atom. The van der Waals surface area contributed by atoms with Crippen LogP contribution in [0.1, 0.15) is 48.9 Å². The average molecular weight is 607 g/mol. The second-order valence-electron chi connectivity index (χ2n) is 10.7. The van der Waals surface area contributed by atoms with Crippen LogP contribution in [-0.4, -0.2) is 34.5 Å².